The summed E-state index contributed by atoms with van der Waals surface area (Å²) in [6.07, 6.45) is 3.62. The van der Waals surface area contributed by atoms with Crippen LogP contribution in [0, 0.1) is 5.82 Å². The van der Waals surface area contributed by atoms with Gasteiger partial charge in [-0.3, -0.25) is 0 Å². The molecular formula is C27H34FN5O5. The molecular weight excluding hydrogens is 493 g/mol. The van der Waals surface area contributed by atoms with Crippen molar-refractivity contribution in [1.29, 1.82) is 0 Å². The molecule has 0 saturated carbocycles. The number of fused-ring (bicyclic) bond motifs is 2. The van der Waals surface area contributed by atoms with E-state index in [4.69, 9.17) is 14.2 Å². The summed E-state index contributed by atoms with van der Waals surface area (Å²) < 4.78 is 32.9. The van der Waals surface area contributed by atoms with Crippen LogP contribution in [0.2, 0.25) is 0 Å². The lowest BCUT2D eigenvalue weighted by molar-refractivity contribution is 0.0499. The lowest BCUT2D eigenvalue weighted by Gasteiger charge is -2.26. The average Bonchev–Trinajstić information content (AvgIpc) is 3.37. The number of amides is 1. The highest BCUT2D eigenvalue weighted by Gasteiger charge is 2.37. The highest BCUT2D eigenvalue weighted by atomic mass is 19.1. The van der Waals surface area contributed by atoms with Crippen molar-refractivity contribution in [3.63, 3.8) is 0 Å². The Morgan fingerprint density at radius 2 is 2.08 bits per heavy atom. The number of carbonyl (C=O) groups excluding carboxylic acids is 2. The number of nitrogens with one attached hydrogen (secondary N) is 2. The molecule has 1 aliphatic heterocycles. The lowest BCUT2D eigenvalue weighted by Crippen LogP contribution is -2.38. The second-order valence-corrected chi connectivity index (χ2v) is 10.6. The minimum absolute atomic E-state index is 0.242. The Labute approximate surface area is 220 Å². The van der Waals surface area contributed by atoms with E-state index < -0.39 is 23.3 Å². The second-order valence-electron chi connectivity index (χ2n) is 10.6. The standard InChI is InChI=1S/C27H34FN5O5/c1-7-36-24(34)20-15-30-33-11-8-21(32-23(20)33)31-16(2)19-13-18(28)12-17-14-27(6,37-22(17)19)9-10-29-25(35)38-26(3,4)5/h8,11-13,15-16H,7,9-10,14H2,1-6H3,(H,29,35)(H,31,32)/t16-,27-/m1/s1. The highest BCUT2D eigenvalue weighted by molar-refractivity contribution is 5.95. The van der Waals surface area contributed by atoms with Crippen molar-refractivity contribution in [2.45, 2.75) is 71.6 Å². The van der Waals surface area contributed by atoms with Gasteiger partial charge in [-0.2, -0.15) is 5.10 Å². The number of aromatic nitrogens is 3. The third kappa shape index (κ3) is 6.15. The summed E-state index contributed by atoms with van der Waals surface area (Å²) in [4.78, 5) is 28.8. The van der Waals surface area contributed by atoms with Crippen LogP contribution >= 0.6 is 0 Å². The molecule has 0 unspecified atom stereocenters. The number of hydrogen-bond donors (Lipinski definition) is 2. The molecule has 0 saturated heterocycles. The van der Waals surface area contributed by atoms with Crippen LogP contribution in [0.3, 0.4) is 0 Å². The maximum absolute atomic E-state index is 14.6. The van der Waals surface area contributed by atoms with E-state index in [-0.39, 0.29) is 24.0 Å². The number of anilines is 1. The largest absolute Gasteiger partial charge is 0.486 e. The molecule has 204 valence electrons. The van der Waals surface area contributed by atoms with Gasteiger partial charge in [-0.05, 0) is 59.7 Å². The Balaban J connectivity index is 1.48. The Morgan fingerprint density at radius 1 is 1.32 bits per heavy atom. The molecule has 0 aliphatic carbocycles. The maximum Gasteiger partial charge on any atom is 0.407 e. The van der Waals surface area contributed by atoms with Crippen LogP contribution in [0.15, 0.2) is 30.6 Å². The molecule has 0 radical (unpaired) electrons. The second kappa shape index (κ2) is 10.5. The first kappa shape index (κ1) is 27.2. The number of ether oxygens (including phenoxy) is 3. The Hall–Kier alpha value is -3.89. The van der Waals surface area contributed by atoms with Crippen LogP contribution in [-0.4, -0.2) is 51.0 Å². The summed E-state index contributed by atoms with van der Waals surface area (Å²) in [7, 11) is 0. The molecule has 3 aromatic rings. The quantitative estimate of drug-likeness (QED) is 0.401. The Bertz CT molecular complexity index is 1350. The zero-order valence-electron chi connectivity index (χ0n) is 22.6. The van der Waals surface area contributed by atoms with E-state index >= 15 is 0 Å². The van der Waals surface area contributed by atoms with E-state index in [9.17, 15) is 14.0 Å². The number of benzene rings is 1. The minimum Gasteiger partial charge on any atom is -0.486 e. The third-order valence-corrected chi connectivity index (χ3v) is 6.09. The minimum atomic E-state index is -0.622. The van der Waals surface area contributed by atoms with Crippen LogP contribution in [0.4, 0.5) is 15.0 Å². The molecule has 0 bridgehead atoms. The summed E-state index contributed by atoms with van der Waals surface area (Å²) in [5.41, 5.74) is 0.812. The Kier molecular flexibility index (Phi) is 7.48. The van der Waals surface area contributed by atoms with Crippen LogP contribution in [0.5, 0.6) is 5.75 Å². The van der Waals surface area contributed by atoms with Crippen LogP contribution in [0.1, 0.15) is 75.5 Å². The van der Waals surface area contributed by atoms with E-state index in [0.29, 0.717) is 42.2 Å². The highest BCUT2D eigenvalue weighted by Crippen LogP contribution is 2.42. The monoisotopic (exact) mass is 527 g/mol. The van der Waals surface area contributed by atoms with E-state index in [1.165, 1.54) is 22.8 Å². The Morgan fingerprint density at radius 3 is 2.79 bits per heavy atom. The first-order valence-electron chi connectivity index (χ1n) is 12.6. The molecule has 10 nitrogen and oxygen atoms in total. The number of esters is 1. The van der Waals surface area contributed by atoms with Gasteiger partial charge < -0.3 is 24.8 Å². The van der Waals surface area contributed by atoms with Crippen molar-refractivity contribution in [2.75, 3.05) is 18.5 Å². The molecule has 1 amide bonds. The van der Waals surface area contributed by atoms with Gasteiger partial charge in [0.1, 0.15) is 34.2 Å². The summed E-state index contributed by atoms with van der Waals surface area (Å²) in [6.45, 7) is 11.6. The van der Waals surface area contributed by atoms with E-state index in [2.05, 4.69) is 20.7 Å². The molecule has 0 fully saturated rings. The van der Waals surface area contributed by atoms with Gasteiger partial charge in [-0.15, -0.1) is 0 Å². The molecule has 4 rings (SSSR count). The first-order valence-corrected chi connectivity index (χ1v) is 12.6. The smallest absolute Gasteiger partial charge is 0.407 e. The predicted molar refractivity (Wildman–Crippen MR) is 139 cm³/mol. The van der Waals surface area contributed by atoms with Gasteiger partial charge in [0.05, 0.1) is 18.8 Å². The molecule has 0 spiro atoms. The van der Waals surface area contributed by atoms with Crippen molar-refractivity contribution in [3.05, 3.63) is 53.1 Å². The number of alkyl carbamates (subject to hydrolysis) is 1. The van der Waals surface area contributed by atoms with Gasteiger partial charge in [0.25, 0.3) is 0 Å². The molecule has 2 atom stereocenters. The summed E-state index contributed by atoms with van der Waals surface area (Å²) in [5, 5.41) is 10.2. The van der Waals surface area contributed by atoms with Gasteiger partial charge in [0.2, 0.25) is 0 Å². The molecule has 1 aromatic carbocycles. The topological polar surface area (TPSA) is 116 Å². The fourth-order valence-corrected chi connectivity index (χ4v) is 4.42. The SMILES string of the molecule is CCOC(=O)c1cnn2ccc(N[C@H](C)c3cc(F)cc4c3O[C@](C)(CCNC(=O)OC(C)(C)C)C4)nc12. The normalized spacial score (nSPS) is 17.4. The van der Waals surface area contributed by atoms with Crippen LogP contribution in [-0.2, 0) is 15.9 Å². The lowest BCUT2D eigenvalue weighted by atomic mass is 9.94. The van der Waals surface area contributed by atoms with Gasteiger partial charge in [-0.25, -0.2) is 23.5 Å². The fourth-order valence-electron chi connectivity index (χ4n) is 4.42. The van der Waals surface area contributed by atoms with Crippen molar-refractivity contribution in [3.8, 4) is 5.75 Å². The van der Waals surface area contributed by atoms with Gasteiger partial charge >= 0.3 is 12.1 Å². The summed E-state index contributed by atoms with van der Waals surface area (Å²) >= 11 is 0. The van der Waals surface area contributed by atoms with Crippen molar-refractivity contribution in [2.24, 2.45) is 0 Å². The summed E-state index contributed by atoms with van der Waals surface area (Å²) in [6, 6.07) is 4.28. The van der Waals surface area contributed by atoms with Crippen molar-refractivity contribution in [1.82, 2.24) is 19.9 Å². The van der Waals surface area contributed by atoms with E-state index in [1.54, 1.807) is 40.0 Å². The molecule has 2 aromatic heterocycles. The number of hydrogen-bond acceptors (Lipinski definition) is 8. The van der Waals surface area contributed by atoms with Crippen LogP contribution in [0.25, 0.3) is 5.65 Å². The zero-order chi connectivity index (χ0) is 27.7. The van der Waals surface area contributed by atoms with E-state index in [0.717, 1.165) is 5.56 Å². The van der Waals surface area contributed by atoms with E-state index in [1.807, 2.05) is 13.8 Å². The maximum atomic E-state index is 14.6. The third-order valence-electron chi connectivity index (χ3n) is 6.09. The van der Waals surface area contributed by atoms with Crippen molar-refractivity contribution >= 4 is 23.5 Å². The molecule has 3 heterocycles. The van der Waals surface area contributed by atoms with Gasteiger partial charge in [-0.1, -0.05) is 0 Å². The fraction of sp³-hybridized carbons (Fsp3) is 0.481. The molecule has 38 heavy (non-hydrogen) atoms. The number of carbonyl (C=O) groups is 2. The van der Waals surface area contributed by atoms with Gasteiger partial charge in [0.15, 0.2) is 5.65 Å². The zero-order valence-corrected chi connectivity index (χ0v) is 22.6. The predicted octanol–water partition coefficient (Wildman–Crippen LogP) is 4.83. The average molecular weight is 528 g/mol. The van der Waals surface area contributed by atoms with Crippen molar-refractivity contribution < 1.29 is 28.2 Å². The number of halogens is 1. The number of nitrogens with zero attached hydrogens (tertiary/aromatic N) is 3. The first-order chi connectivity index (χ1) is 17.9. The van der Waals surface area contributed by atoms with Gasteiger partial charge in [0, 0.05) is 36.7 Å². The van der Waals surface area contributed by atoms with Crippen LogP contribution < -0.4 is 15.4 Å². The molecule has 11 heteroatoms. The number of rotatable bonds is 8. The molecule has 2 N–H and O–H groups in total. The summed E-state index contributed by atoms with van der Waals surface area (Å²) in [5.74, 6) is 0.230. The molecule has 1 aliphatic rings.